The number of nitrogens with zero attached hydrogens (tertiary/aromatic N) is 2. The third-order valence-electron chi connectivity index (χ3n) is 5.21. The highest BCUT2D eigenvalue weighted by molar-refractivity contribution is 9.10. The number of anilines is 1. The van der Waals surface area contributed by atoms with Gasteiger partial charge < -0.3 is 15.6 Å². The number of carboxylic acids is 1. The monoisotopic (exact) mass is 491 g/mol. The number of methoxy groups -OCH3 is 1. The van der Waals surface area contributed by atoms with Crippen LogP contribution in [0.5, 0.6) is 5.75 Å². The highest BCUT2D eigenvalue weighted by atomic mass is 79.9. The second-order valence-corrected chi connectivity index (χ2v) is 8.22. The molecular weight excluding hydrogens is 462 g/mol. The highest BCUT2D eigenvalue weighted by Crippen LogP contribution is 2.24. The smallest absolute Gasteiger partial charge is 0.319 e. The maximum atomic E-state index is 12.0. The van der Waals surface area contributed by atoms with E-state index < -0.39 is 12.0 Å². The number of carboxylic acid groups (broad SMARTS) is 1. The van der Waals surface area contributed by atoms with Crippen LogP contribution in [0.2, 0.25) is 0 Å². The van der Waals surface area contributed by atoms with Crippen LogP contribution in [0, 0.1) is 0 Å². The number of primary amides is 1. The summed E-state index contributed by atoms with van der Waals surface area (Å²) in [5.74, 6) is -0.00725. The molecule has 168 valence electrons. The average Bonchev–Trinajstić information content (AvgIpc) is 2.75. The average molecular weight is 492 g/mol. The van der Waals surface area contributed by atoms with Crippen molar-refractivity contribution in [2.75, 3.05) is 31.6 Å². The summed E-state index contributed by atoms with van der Waals surface area (Å²) in [7, 11) is 1.63. The first kappa shape index (κ1) is 24.7. The van der Waals surface area contributed by atoms with Gasteiger partial charge in [-0.15, -0.1) is 0 Å². The lowest BCUT2D eigenvalue weighted by atomic mass is 10.1. The zero-order valence-electron chi connectivity index (χ0n) is 18.0. The van der Waals surface area contributed by atoms with Crippen molar-refractivity contribution in [2.24, 2.45) is 5.73 Å². The van der Waals surface area contributed by atoms with E-state index in [9.17, 15) is 9.59 Å². The van der Waals surface area contributed by atoms with Gasteiger partial charge in [-0.05, 0) is 68.3 Å². The Balaban J connectivity index is 2.05. The van der Waals surface area contributed by atoms with Gasteiger partial charge in [0.15, 0.2) is 0 Å². The summed E-state index contributed by atoms with van der Waals surface area (Å²) in [6, 6.07) is 14.9. The molecule has 0 saturated heterocycles. The van der Waals surface area contributed by atoms with Crippen molar-refractivity contribution in [3.63, 3.8) is 0 Å². The number of hydrogen-bond acceptors (Lipinski definition) is 4. The standard InChI is InChI=1S/C23H30BrN3O4/c1-17(18-6-12-21(31-2)13-7-18)26(14-3-5-22(28)29)15-4-16-27(23(25)30)20-10-8-19(24)9-11-20/h6-13,17H,3-5,14-16H2,1-2H3,(H2,25,30)(H,28,29)/t17-/m1/s1. The van der Waals surface area contributed by atoms with Crippen LogP contribution in [-0.4, -0.2) is 48.8 Å². The number of carbonyl (C=O) groups excluding carboxylic acids is 1. The van der Waals surface area contributed by atoms with Gasteiger partial charge in [0.2, 0.25) is 0 Å². The van der Waals surface area contributed by atoms with Crippen LogP contribution in [0.15, 0.2) is 53.0 Å². The van der Waals surface area contributed by atoms with E-state index >= 15 is 0 Å². The number of urea groups is 1. The molecule has 0 aliphatic heterocycles. The second kappa shape index (κ2) is 12.3. The third kappa shape index (κ3) is 7.88. The molecule has 1 atom stereocenters. The molecule has 0 heterocycles. The molecule has 0 bridgehead atoms. The van der Waals surface area contributed by atoms with Crippen molar-refractivity contribution in [3.05, 3.63) is 58.6 Å². The van der Waals surface area contributed by atoms with Crippen molar-refractivity contribution in [1.29, 1.82) is 0 Å². The van der Waals surface area contributed by atoms with E-state index in [-0.39, 0.29) is 12.5 Å². The SMILES string of the molecule is COc1ccc([C@@H](C)N(CCCC(=O)O)CCCN(C(N)=O)c2ccc(Br)cc2)cc1. The Bertz CT molecular complexity index is 843. The predicted octanol–water partition coefficient (Wildman–Crippen LogP) is 4.66. The van der Waals surface area contributed by atoms with E-state index in [1.165, 1.54) is 0 Å². The lowest BCUT2D eigenvalue weighted by Gasteiger charge is -2.30. The summed E-state index contributed by atoms with van der Waals surface area (Å²) in [4.78, 5) is 26.7. The molecule has 7 nitrogen and oxygen atoms in total. The van der Waals surface area contributed by atoms with Crippen LogP contribution in [-0.2, 0) is 4.79 Å². The molecule has 0 fully saturated rings. The fourth-order valence-corrected chi connectivity index (χ4v) is 3.71. The lowest BCUT2D eigenvalue weighted by molar-refractivity contribution is -0.137. The summed E-state index contributed by atoms with van der Waals surface area (Å²) < 4.78 is 6.16. The van der Waals surface area contributed by atoms with Crippen molar-refractivity contribution in [2.45, 2.75) is 32.2 Å². The van der Waals surface area contributed by atoms with Gasteiger partial charge in [0, 0.05) is 35.7 Å². The first-order valence-electron chi connectivity index (χ1n) is 10.2. The number of halogens is 1. The van der Waals surface area contributed by atoms with Crippen LogP contribution in [0.1, 0.15) is 37.8 Å². The highest BCUT2D eigenvalue weighted by Gasteiger charge is 2.18. The van der Waals surface area contributed by atoms with E-state index in [1.54, 1.807) is 12.0 Å². The molecule has 31 heavy (non-hydrogen) atoms. The maximum absolute atomic E-state index is 12.0. The van der Waals surface area contributed by atoms with Crippen LogP contribution in [0.25, 0.3) is 0 Å². The molecule has 0 saturated carbocycles. The number of aliphatic carboxylic acids is 1. The van der Waals surface area contributed by atoms with Gasteiger partial charge in [-0.3, -0.25) is 14.6 Å². The molecular formula is C23H30BrN3O4. The Morgan fingerprint density at radius 2 is 1.65 bits per heavy atom. The molecule has 3 N–H and O–H groups in total. The largest absolute Gasteiger partial charge is 0.497 e. The van der Waals surface area contributed by atoms with Gasteiger partial charge in [-0.2, -0.15) is 0 Å². The van der Waals surface area contributed by atoms with E-state index in [0.717, 1.165) is 21.5 Å². The summed E-state index contributed by atoms with van der Waals surface area (Å²) in [5, 5.41) is 9.00. The van der Waals surface area contributed by atoms with Crippen LogP contribution >= 0.6 is 15.9 Å². The zero-order valence-corrected chi connectivity index (χ0v) is 19.5. The van der Waals surface area contributed by atoms with E-state index in [4.69, 9.17) is 15.6 Å². The topological polar surface area (TPSA) is 96.1 Å². The van der Waals surface area contributed by atoms with Crippen LogP contribution in [0.3, 0.4) is 0 Å². The van der Waals surface area contributed by atoms with Gasteiger partial charge in [0.1, 0.15) is 5.75 Å². The third-order valence-corrected chi connectivity index (χ3v) is 5.74. The molecule has 2 aromatic carbocycles. The van der Waals surface area contributed by atoms with Crippen molar-refractivity contribution < 1.29 is 19.4 Å². The van der Waals surface area contributed by atoms with Crippen molar-refractivity contribution in [3.8, 4) is 5.75 Å². The fourth-order valence-electron chi connectivity index (χ4n) is 3.45. The molecule has 0 unspecified atom stereocenters. The van der Waals surface area contributed by atoms with Crippen LogP contribution in [0.4, 0.5) is 10.5 Å². The number of hydrogen-bond donors (Lipinski definition) is 2. The summed E-state index contributed by atoms with van der Waals surface area (Å²) in [5.41, 5.74) is 7.47. The van der Waals surface area contributed by atoms with E-state index in [0.29, 0.717) is 32.5 Å². The fraction of sp³-hybridized carbons (Fsp3) is 0.391. The molecule has 0 radical (unpaired) electrons. The maximum Gasteiger partial charge on any atom is 0.319 e. The number of carbonyl (C=O) groups is 2. The minimum atomic E-state index is -0.799. The first-order valence-corrected chi connectivity index (χ1v) is 11.0. The molecule has 2 aromatic rings. The lowest BCUT2D eigenvalue weighted by Crippen LogP contribution is -2.38. The summed E-state index contributed by atoms with van der Waals surface area (Å²) in [6.07, 6.45) is 1.38. The minimum absolute atomic E-state index is 0.0920. The van der Waals surface area contributed by atoms with Gasteiger partial charge >= 0.3 is 12.0 Å². The Morgan fingerprint density at radius 3 is 2.19 bits per heavy atom. The zero-order chi connectivity index (χ0) is 22.8. The molecule has 0 aliphatic carbocycles. The normalized spacial score (nSPS) is 11.9. The van der Waals surface area contributed by atoms with Crippen LogP contribution < -0.4 is 15.4 Å². The van der Waals surface area contributed by atoms with Crippen molar-refractivity contribution >= 4 is 33.6 Å². The molecule has 2 rings (SSSR count). The van der Waals surface area contributed by atoms with Crippen molar-refractivity contribution in [1.82, 2.24) is 4.90 Å². The van der Waals surface area contributed by atoms with Gasteiger partial charge in [-0.25, -0.2) is 4.79 Å². The number of benzene rings is 2. The number of amides is 2. The Labute approximate surface area is 191 Å². The Morgan fingerprint density at radius 1 is 1.03 bits per heavy atom. The Hall–Kier alpha value is -2.58. The summed E-state index contributed by atoms with van der Waals surface area (Å²) in [6.45, 7) is 3.92. The minimum Gasteiger partial charge on any atom is -0.497 e. The molecule has 8 heteroatoms. The molecule has 0 aromatic heterocycles. The summed E-state index contributed by atoms with van der Waals surface area (Å²) >= 11 is 3.39. The predicted molar refractivity (Wildman–Crippen MR) is 126 cm³/mol. The quantitative estimate of drug-likeness (QED) is 0.449. The molecule has 2 amide bonds. The number of rotatable bonds is 12. The van der Waals surface area contributed by atoms with E-state index in [1.807, 2.05) is 48.5 Å². The number of ether oxygens (including phenoxy) is 1. The first-order chi connectivity index (χ1) is 14.8. The van der Waals surface area contributed by atoms with Gasteiger partial charge in [0.25, 0.3) is 0 Å². The number of nitrogens with two attached hydrogens (primary N) is 1. The van der Waals surface area contributed by atoms with E-state index in [2.05, 4.69) is 27.8 Å². The Kier molecular flexibility index (Phi) is 9.81. The van der Waals surface area contributed by atoms with Gasteiger partial charge in [-0.1, -0.05) is 28.1 Å². The molecule has 0 spiro atoms. The molecule has 0 aliphatic rings. The second-order valence-electron chi connectivity index (χ2n) is 7.30. The van der Waals surface area contributed by atoms with Gasteiger partial charge in [0.05, 0.1) is 7.11 Å².